The summed E-state index contributed by atoms with van der Waals surface area (Å²) in [5.74, 6) is 0.739. The van der Waals surface area contributed by atoms with Gasteiger partial charge in [-0.3, -0.25) is 0 Å². The highest BCUT2D eigenvalue weighted by Crippen LogP contribution is 2.23. The number of hydrogen-bond acceptors (Lipinski definition) is 5. The predicted molar refractivity (Wildman–Crippen MR) is 89.2 cm³/mol. The third-order valence-corrected chi connectivity index (χ3v) is 4.74. The highest BCUT2D eigenvalue weighted by atomic mass is 16.2. The summed E-state index contributed by atoms with van der Waals surface area (Å²) in [5.41, 5.74) is 2.15. The molecule has 3 heterocycles. The Morgan fingerprint density at radius 2 is 2.04 bits per heavy atom. The van der Waals surface area contributed by atoms with E-state index in [0.717, 1.165) is 50.7 Å². The number of tetrazole rings is 1. The predicted octanol–water partition coefficient (Wildman–Crippen LogP) is 0.965. The molecule has 0 saturated carbocycles. The van der Waals surface area contributed by atoms with Crippen molar-refractivity contribution in [2.24, 2.45) is 0 Å². The van der Waals surface area contributed by atoms with Crippen LogP contribution in [0.5, 0.6) is 0 Å². The Bertz CT molecular complexity index is 726. The minimum atomic E-state index is 0.0416. The van der Waals surface area contributed by atoms with Crippen LogP contribution in [-0.2, 0) is 0 Å². The van der Waals surface area contributed by atoms with E-state index in [2.05, 4.69) is 32.7 Å². The van der Waals surface area contributed by atoms with Crippen molar-refractivity contribution in [1.29, 1.82) is 0 Å². The van der Waals surface area contributed by atoms with Gasteiger partial charge in [-0.05, 0) is 42.3 Å². The van der Waals surface area contributed by atoms with Gasteiger partial charge < -0.3 is 15.1 Å². The number of urea groups is 1. The van der Waals surface area contributed by atoms with E-state index in [0.29, 0.717) is 0 Å². The van der Waals surface area contributed by atoms with Crippen LogP contribution >= 0.6 is 0 Å². The van der Waals surface area contributed by atoms with Crippen LogP contribution in [0.3, 0.4) is 0 Å². The first-order valence-electron chi connectivity index (χ1n) is 8.37. The molecule has 2 aliphatic heterocycles. The molecule has 2 amide bonds. The van der Waals surface area contributed by atoms with E-state index in [4.69, 9.17) is 0 Å². The lowest BCUT2D eigenvalue weighted by Crippen LogP contribution is -2.49. The first-order chi connectivity index (χ1) is 11.7. The molecular formula is C16H21N7O. The summed E-state index contributed by atoms with van der Waals surface area (Å²) < 4.78 is 1.77. The van der Waals surface area contributed by atoms with Crippen molar-refractivity contribution in [2.75, 3.05) is 31.1 Å². The van der Waals surface area contributed by atoms with Gasteiger partial charge in [-0.25, -0.2) is 4.79 Å². The first kappa shape index (κ1) is 14.9. The van der Waals surface area contributed by atoms with Crippen LogP contribution in [0.2, 0.25) is 0 Å². The van der Waals surface area contributed by atoms with Crippen LogP contribution in [-0.4, -0.2) is 63.4 Å². The van der Waals surface area contributed by atoms with E-state index in [1.165, 1.54) is 5.56 Å². The SMILES string of the molecule is Cc1ccc(-n2nnnc2N2CCCC(N3CCNC3=O)C2)cc1. The van der Waals surface area contributed by atoms with Gasteiger partial charge in [0.05, 0.1) is 11.7 Å². The summed E-state index contributed by atoms with van der Waals surface area (Å²) in [7, 11) is 0. The molecule has 1 N–H and O–H groups in total. The number of benzene rings is 1. The topological polar surface area (TPSA) is 79.2 Å². The molecule has 0 spiro atoms. The Morgan fingerprint density at radius 3 is 2.79 bits per heavy atom. The molecule has 1 aromatic heterocycles. The lowest BCUT2D eigenvalue weighted by molar-refractivity contribution is 0.189. The highest BCUT2D eigenvalue weighted by Gasteiger charge is 2.32. The lowest BCUT2D eigenvalue weighted by Gasteiger charge is -2.37. The monoisotopic (exact) mass is 327 g/mol. The second-order valence-corrected chi connectivity index (χ2v) is 6.39. The third kappa shape index (κ3) is 2.68. The largest absolute Gasteiger partial charge is 0.337 e. The number of aromatic nitrogens is 4. The summed E-state index contributed by atoms with van der Waals surface area (Å²) in [6, 6.07) is 8.39. The summed E-state index contributed by atoms with van der Waals surface area (Å²) in [6.45, 7) is 5.23. The van der Waals surface area contributed by atoms with E-state index in [1.54, 1.807) is 4.68 Å². The number of amides is 2. The number of rotatable bonds is 3. The molecule has 24 heavy (non-hydrogen) atoms. The van der Waals surface area contributed by atoms with Gasteiger partial charge in [0.15, 0.2) is 0 Å². The third-order valence-electron chi connectivity index (χ3n) is 4.74. The molecule has 1 unspecified atom stereocenters. The van der Waals surface area contributed by atoms with Crippen LogP contribution in [0, 0.1) is 6.92 Å². The van der Waals surface area contributed by atoms with Gasteiger partial charge in [0, 0.05) is 26.2 Å². The molecule has 2 saturated heterocycles. The average Bonchev–Trinajstić information content (AvgIpc) is 3.25. The van der Waals surface area contributed by atoms with Crippen molar-refractivity contribution >= 4 is 12.0 Å². The Labute approximate surface area is 140 Å². The fraction of sp³-hybridized carbons (Fsp3) is 0.500. The molecule has 0 aliphatic carbocycles. The standard InChI is InChI=1S/C16H21N7O/c1-12-4-6-13(7-5-12)23-15(18-19-20-23)21-9-2-3-14(11-21)22-10-8-17-16(22)24/h4-7,14H,2-3,8-11H2,1H3,(H,17,24). The van der Waals surface area contributed by atoms with Crippen LogP contribution in [0.15, 0.2) is 24.3 Å². The number of anilines is 1. The van der Waals surface area contributed by atoms with Gasteiger partial charge in [0.1, 0.15) is 0 Å². The quantitative estimate of drug-likeness (QED) is 0.908. The maximum Gasteiger partial charge on any atom is 0.317 e. The maximum atomic E-state index is 11.9. The van der Waals surface area contributed by atoms with Gasteiger partial charge in [-0.15, -0.1) is 0 Å². The molecule has 1 aromatic carbocycles. The maximum absolute atomic E-state index is 11.9. The summed E-state index contributed by atoms with van der Waals surface area (Å²) >= 11 is 0. The molecule has 0 bridgehead atoms. The van der Waals surface area contributed by atoms with E-state index < -0.39 is 0 Å². The molecule has 2 aromatic rings. The summed E-state index contributed by atoms with van der Waals surface area (Å²) in [6.07, 6.45) is 2.05. The Morgan fingerprint density at radius 1 is 1.21 bits per heavy atom. The minimum Gasteiger partial charge on any atom is -0.337 e. The van der Waals surface area contributed by atoms with Gasteiger partial charge in [0.25, 0.3) is 0 Å². The van der Waals surface area contributed by atoms with Crippen molar-refractivity contribution in [1.82, 2.24) is 30.4 Å². The van der Waals surface area contributed by atoms with Crippen molar-refractivity contribution < 1.29 is 4.79 Å². The molecule has 1 atom stereocenters. The van der Waals surface area contributed by atoms with Crippen LogP contribution in [0.1, 0.15) is 18.4 Å². The molecule has 4 rings (SSSR count). The molecule has 8 heteroatoms. The number of carbonyl (C=O) groups is 1. The second-order valence-electron chi connectivity index (χ2n) is 6.39. The molecule has 8 nitrogen and oxygen atoms in total. The Hall–Kier alpha value is -2.64. The van der Waals surface area contributed by atoms with Gasteiger partial charge >= 0.3 is 6.03 Å². The van der Waals surface area contributed by atoms with Crippen LogP contribution in [0.25, 0.3) is 5.69 Å². The fourth-order valence-electron chi connectivity index (χ4n) is 3.46. The van der Waals surface area contributed by atoms with Crippen molar-refractivity contribution in [3.63, 3.8) is 0 Å². The van der Waals surface area contributed by atoms with Gasteiger partial charge in [0.2, 0.25) is 5.95 Å². The average molecular weight is 327 g/mol. The summed E-state index contributed by atoms with van der Waals surface area (Å²) in [5, 5.41) is 15.1. The Kier molecular flexibility index (Phi) is 3.79. The van der Waals surface area contributed by atoms with Gasteiger partial charge in [-0.2, -0.15) is 4.68 Å². The van der Waals surface area contributed by atoms with Crippen LogP contribution < -0.4 is 10.2 Å². The molecular weight excluding hydrogens is 306 g/mol. The van der Waals surface area contributed by atoms with E-state index >= 15 is 0 Å². The number of aryl methyl sites for hydroxylation is 1. The summed E-state index contributed by atoms with van der Waals surface area (Å²) in [4.78, 5) is 16.1. The van der Waals surface area contributed by atoms with E-state index in [-0.39, 0.29) is 12.1 Å². The van der Waals surface area contributed by atoms with Crippen molar-refractivity contribution in [3.8, 4) is 5.69 Å². The number of nitrogens with one attached hydrogen (secondary N) is 1. The zero-order valence-electron chi connectivity index (χ0n) is 13.7. The highest BCUT2D eigenvalue weighted by molar-refractivity contribution is 5.76. The number of carbonyl (C=O) groups excluding carboxylic acids is 1. The first-order valence-corrected chi connectivity index (χ1v) is 8.37. The lowest BCUT2D eigenvalue weighted by atomic mass is 10.0. The molecule has 2 aliphatic rings. The van der Waals surface area contributed by atoms with Crippen molar-refractivity contribution in [2.45, 2.75) is 25.8 Å². The molecule has 0 radical (unpaired) electrons. The van der Waals surface area contributed by atoms with Crippen molar-refractivity contribution in [3.05, 3.63) is 29.8 Å². The smallest absolute Gasteiger partial charge is 0.317 e. The fourth-order valence-corrected chi connectivity index (χ4v) is 3.46. The number of hydrogen-bond donors (Lipinski definition) is 1. The van der Waals surface area contributed by atoms with E-state index in [1.807, 2.05) is 29.2 Å². The Balaban J connectivity index is 1.57. The minimum absolute atomic E-state index is 0.0416. The second kappa shape index (κ2) is 6.10. The zero-order valence-corrected chi connectivity index (χ0v) is 13.7. The van der Waals surface area contributed by atoms with E-state index in [9.17, 15) is 4.79 Å². The zero-order chi connectivity index (χ0) is 16.5. The molecule has 2 fully saturated rings. The number of piperidine rings is 1. The van der Waals surface area contributed by atoms with Gasteiger partial charge in [-0.1, -0.05) is 22.8 Å². The molecule has 126 valence electrons. The van der Waals surface area contributed by atoms with Crippen LogP contribution in [0.4, 0.5) is 10.7 Å². The number of nitrogens with zero attached hydrogens (tertiary/aromatic N) is 6. The normalized spacial score (nSPS) is 21.2.